The van der Waals surface area contributed by atoms with Crippen LogP contribution in [-0.2, 0) is 13.6 Å². The third-order valence-electron chi connectivity index (χ3n) is 3.56. The van der Waals surface area contributed by atoms with Crippen molar-refractivity contribution in [1.82, 2.24) is 20.0 Å². The number of halogens is 1. The molecule has 114 valence electrons. The Balaban J connectivity index is 1.67. The van der Waals surface area contributed by atoms with Gasteiger partial charge in [-0.2, -0.15) is 4.98 Å². The van der Waals surface area contributed by atoms with E-state index in [0.717, 1.165) is 12.1 Å². The number of nitrogens with one attached hydrogen (secondary N) is 1. The molecule has 5 nitrogen and oxygen atoms in total. The van der Waals surface area contributed by atoms with Gasteiger partial charge < -0.3 is 14.4 Å². The van der Waals surface area contributed by atoms with Gasteiger partial charge in [0, 0.05) is 36.1 Å². The molecule has 0 bridgehead atoms. The molecule has 0 amide bonds. The average molecular weight is 317 g/mol. The molecule has 0 unspecified atom stereocenters. The van der Waals surface area contributed by atoms with Gasteiger partial charge in [-0.1, -0.05) is 16.8 Å². The zero-order chi connectivity index (χ0) is 15.5. The first-order chi connectivity index (χ1) is 10.6. The molecule has 0 saturated carbocycles. The Labute approximate surface area is 133 Å². The van der Waals surface area contributed by atoms with Gasteiger partial charge in [-0.25, -0.2) is 0 Å². The largest absolute Gasteiger partial charge is 0.353 e. The summed E-state index contributed by atoms with van der Waals surface area (Å²) in [5, 5.41) is 8.12. The minimum atomic E-state index is -0.000278. The minimum absolute atomic E-state index is 0.000278. The minimum Gasteiger partial charge on any atom is -0.353 e. The van der Waals surface area contributed by atoms with Crippen LogP contribution in [0.3, 0.4) is 0 Å². The standard InChI is InChI=1S/C16H17ClN4O/c1-11(18-10-14-4-3-9-21(14)2)15-19-16(22-20-15)12-5-7-13(17)8-6-12/h3-9,11,18H,10H2,1-2H3/t11-/m0/s1. The topological polar surface area (TPSA) is 55.9 Å². The highest BCUT2D eigenvalue weighted by molar-refractivity contribution is 6.30. The molecule has 0 aliphatic rings. The van der Waals surface area contributed by atoms with Crippen molar-refractivity contribution in [1.29, 1.82) is 0 Å². The van der Waals surface area contributed by atoms with Crippen LogP contribution < -0.4 is 5.32 Å². The molecule has 3 aromatic rings. The molecule has 6 heteroatoms. The highest BCUT2D eigenvalue weighted by Gasteiger charge is 2.14. The molecular weight excluding hydrogens is 300 g/mol. The lowest BCUT2D eigenvalue weighted by molar-refractivity contribution is 0.408. The fraction of sp³-hybridized carbons (Fsp3) is 0.250. The van der Waals surface area contributed by atoms with E-state index < -0.39 is 0 Å². The van der Waals surface area contributed by atoms with Gasteiger partial charge in [0.15, 0.2) is 5.82 Å². The second kappa shape index (κ2) is 6.34. The van der Waals surface area contributed by atoms with Crippen LogP contribution in [0.25, 0.3) is 11.5 Å². The Hall–Kier alpha value is -2.11. The first-order valence-corrected chi connectivity index (χ1v) is 7.44. The van der Waals surface area contributed by atoms with E-state index in [1.54, 1.807) is 12.1 Å². The van der Waals surface area contributed by atoms with Crippen molar-refractivity contribution in [3.8, 4) is 11.5 Å². The van der Waals surface area contributed by atoms with Crippen molar-refractivity contribution in [3.63, 3.8) is 0 Å². The maximum atomic E-state index is 5.88. The number of nitrogens with zero attached hydrogens (tertiary/aromatic N) is 3. The summed E-state index contributed by atoms with van der Waals surface area (Å²) in [4.78, 5) is 4.44. The third-order valence-corrected chi connectivity index (χ3v) is 3.81. The van der Waals surface area contributed by atoms with Crippen LogP contribution >= 0.6 is 11.6 Å². The Morgan fingerprint density at radius 1 is 1.27 bits per heavy atom. The van der Waals surface area contributed by atoms with Gasteiger partial charge in [0.05, 0.1) is 6.04 Å². The van der Waals surface area contributed by atoms with Crippen molar-refractivity contribution >= 4 is 11.6 Å². The predicted octanol–water partition coefficient (Wildman–Crippen LogP) is 3.58. The summed E-state index contributed by atoms with van der Waals surface area (Å²) in [5.41, 5.74) is 2.06. The van der Waals surface area contributed by atoms with Gasteiger partial charge >= 0.3 is 0 Å². The summed E-state index contributed by atoms with van der Waals surface area (Å²) in [6, 6.07) is 11.4. The second-order valence-corrected chi connectivity index (χ2v) is 5.61. The molecular formula is C16H17ClN4O. The molecule has 0 aliphatic carbocycles. The van der Waals surface area contributed by atoms with Gasteiger partial charge in [0.25, 0.3) is 5.89 Å². The van der Waals surface area contributed by atoms with Gasteiger partial charge in [-0.3, -0.25) is 0 Å². The lowest BCUT2D eigenvalue weighted by atomic mass is 10.2. The number of hydrogen-bond acceptors (Lipinski definition) is 4. The smallest absolute Gasteiger partial charge is 0.257 e. The summed E-state index contributed by atoms with van der Waals surface area (Å²) in [6.07, 6.45) is 2.02. The first kappa shape index (κ1) is 14.8. The molecule has 1 atom stereocenters. The summed E-state index contributed by atoms with van der Waals surface area (Å²) in [5.74, 6) is 1.14. The number of hydrogen-bond donors (Lipinski definition) is 1. The first-order valence-electron chi connectivity index (χ1n) is 7.06. The van der Waals surface area contributed by atoms with E-state index in [0.29, 0.717) is 16.7 Å². The van der Waals surface area contributed by atoms with Crippen LogP contribution in [0.4, 0.5) is 0 Å². The average Bonchev–Trinajstić information content (AvgIpc) is 3.15. The van der Waals surface area contributed by atoms with Crippen LogP contribution in [0.5, 0.6) is 0 Å². The Kier molecular flexibility index (Phi) is 4.27. The van der Waals surface area contributed by atoms with Gasteiger partial charge in [0.2, 0.25) is 0 Å². The highest BCUT2D eigenvalue weighted by atomic mass is 35.5. The Bertz CT molecular complexity index is 748. The molecule has 0 aliphatic heterocycles. The van der Waals surface area contributed by atoms with Crippen molar-refractivity contribution in [2.24, 2.45) is 7.05 Å². The molecule has 0 radical (unpaired) electrons. The number of aryl methyl sites for hydroxylation is 1. The van der Waals surface area contributed by atoms with Crippen molar-refractivity contribution in [2.75, 3.05) is 0 Å². The lowest BCUT2D eigenvalue weighted by Crippen LogP contribution is -2.20. The van der Waals surface area contributed by atoms with Crippen LogP contribution in [0.2, 0.25) is 5.02 Å². The third kappa shape index (κ3) is 3.21. The van der Waals surface area contributed by atoms with E-state index in [1.165, 1.54) is 5.69 Å². The lowest BCUT2D eigenvalue weighted by Gasteiger charge is -2.10. The quantitative estimate of drug-likeness (QED) is 0.781. The molecule has 1 N–H and O–H groups in total. The van der Waals surface area contributed by atoms with Crippen LogP contribution in [0.15, 0.2) is 47.1 Å². The second-order valence-electron chi connectivity index (χ2n) is 5.18. The molecule has 22 heavy (non-hydrogen) atoms. The van der Waals surface area contributed by atoms with Gasteiger partial charge in [-0.15, -0.1) is 0 Å². The molecule has 0 spiro atoms. The number of aromatic nitrogens is 3. The summed E-state index contributed by atoms with van der Waals surface area (Å²) in [6.45, 7) is 2.76. The Morgan fingerprint density at radius 2 is 2.05 bits per heavy atom. The maximum absolute atomic E-state index is 5.88. The highest BCUT2D eigenvalue weighted by Crippen LogP contribution is 2.21. The fourth-order valence-corrected chi connectivity index (χ4v) is 2.28. The SMILES string of the molecule is C[C@H](NCc1cccn1C)c1noc(-c2ccc(Cl)cc2)n1. The Morgan fingerprint density at radius 3 is 2.73 bits per heavy atom. The fourth-order valence-electron chi connectivity index (χ4n) is 2.15. The normalized spacial score (nSPS) is 12.5. The van der Waals surface area contributed by atoms with E-state index in [-0.39, 0.29) is 6.04 Å². The van der Waals surface area contributed by atoms with Crippen LogP contribution in [-0.4, -0.2) is 14.7 Å². The summed E-state index contributed by atoms with van der Waals surface area (Å²) >= 11 is 5.88. The maximum Gasteiger partial charge on any atom is 0.257 e. The number of rotatable bonds is 5. The van der Waals surface area contributed by atoms with E-state index in [4.69, 9.17) is 16.1 Å². The van der Waals surface area contributed by atoms with E-state index >= 15 is 0 Å². The zero-order valence-electron chi connectivity index (χ0n) is 12.5. The van der Waals surface area contributed by atoms with E-state index in [1.807, 2.05) is 38.4 Å². The molecule has 0 fully saturated rings. The molecule has 2 heterocycles. The zero-order valence-corrected chi connectivity index (χ0v) is 13.2. The van der Waals surface area contributed by atoms with E-state index in [2.05, 4.69) is 26.1 Å². The molecule has 1 aromatic carbocycles. The monoisotopic (exact) mass is 316 g/mol. The van der Waals surface area contributed by atoms with Gasteiger partial charge in [-0.05, 0) is 43.3 Å². The van der Waals surface area contributed by atoms with Crippen LogP contribution in [0, 0.1) is 0 Å². The molecule has 2 aromatic heterocycles. The predicted molar refractivity (Wildman–Crippen MR) is 85.4 cm³/mol. The summed E-state index contributed by atoms with van der Waals surface area (Å²) in [7, 11) is 2.02. The van der Waals surface area contributed by atoms with Crippen LogP contribution in [0.1, 0.15) is 24.5 Å². The van der Waals surface area contributed by atoms with Crippen molar-refractivity contribution in [3.05, 3.63) is 59.1 Å². The summed E-state index contributed by atoms with van der Waals surface area (Å²) < 4.78 is 7.40. The van der Waals surface area contributed by atoms with Crippen molar-refractivity contribution in [2.45, 2.75) is 19.5 Å². The molecule has 3 rings (SSSR count). The molecule has 0 saturated heterocycles. The number of benzene rings is 1. The van der Waals surface area contributed by atoms with Gasteiger partial charge in [0.1, 0.15) is 0 Å². The van der Waals surface area contributed by atoms with Crippen molar-refractivity contribution < 1.29 is 4.52 Å². The van der Waals surface area contributed by atoms with E-state index in [9.17, 15) is 0 Å².